The monoisotopic (exact) mass is 463 g/mol. The van der Waals surface area contributed by atoms with E-state index in [2.05, 4.69) is 15.0 Å². The molecule has 3 aromatic rings. The molecular weight excluding hydrogens is 445 g/mol. The molecule has 0 spiro atoms. The molecule has 0 saturated heterocycles. The van der Waals surface area contributed by atoms with Gasteiger partial charge in [-0.1, -0.05) is 18.2 Å². The molecule has 3 rings (SSSR count). The molecule has 0 unspecified atom stereocenters. The van der Waals surface area contributed by atoms with E-state index in [0.29, 0.717) is 5.69 Å². The minimum absolute atomic E-state index is 0.0182. The molecule has 0 aliphatic carbocycles. The fourth-order valence-corrected chi connectivity index (χ4v) is 4.34. The van der Waals surface area contributed by atoms with Crippen LogP contribution in [0, 0.1) is 5.82 Å². The number of sulfonamides is 1. The molecule has 1 heterocycles. The highest BCUT2D eigenvalue weighted by molar-refractivity contribution is 7.92. The lowest BCUT2D eigenvalue weighted by molar-refractivity contribution is -0.142. The molecule has 1 amide bonds. The van der Waals surface area contributed by atoms with Crippen molar-refractivity contribution in [2.24, 2.45) is 0 Å². The molecule has 162 valence electrons. The first-order valence-corrected chi connectivity index (χ1v) is 11.4. The van der Waals surface area contributed by atoms with Gasteiger partial charge < -0.3 is 4.74 Å². The Morgan fingerprint density at radius 1 is 1.16 bits per heavy atom. The van der Waals surface area contributed by atoms with Gasteiger partial charge in [0.15, 0.2) is 5.13 Å². The number of benzene rings is 2. The molecule has 0 saturated carbocycles. The van der Waals surface area contributed by atoms with Crippen LogP contribution in [0.1, 0.15) is 23.0 Å². The average molecular weight is 464 g/mol. The minimum Gasteiger partial charge on any atom is -0.466 e. The van der Waals surface area contributed by atoms with Gasteiger partial charge in [0, 0.05) is 10.9 Å². The number of carbonyl (C=O) groups excluding carboxylic acids is 2. The Balaban J connectivity index is 1.72. The molecule has 0 fully saturated rings. The first-order valence-electron chi connectivity index (χ1n) is 9.07. The van der Waals surface area contributed by atoms with Crippen molar-refractivity contribution in [1.82, 2.24) is 4.98 Å². The summed E-state index contributed by atoms with van der Waals surface area (Å²) in [5.74, 6) is -1.73. The van der Waals surface area contributed by atoms with Crippen LogP contribution in [0.4, 0.5) is 15.2 Å². The standard InChI is InChI=1S/C20H18FN3O5S2/c1-2-29-18(25)11-14-12-30-20(22-14)23-19(26)13-6-5-7-15(10-13)31(27,28)24-17-9-4-3-8-16(17)21/h3-10,12,24H,2,11H2,1H3,(H,22,23,26). The van der Waals surface area contributed by atoms with Gasteiger partial charge in [0.25, 0.3) is 15.9 Å². The summed E-state index contributed by atoms with van der Waals surface area (Å²) in [7, 11) is -4.11. The van der Waals surface area contributed by atoms with Crippen LogP contribution in [0.5, 0.6) is 0 Å². The lowest BCUT2D eigenvalue weighted by atomic mass is 10.2. The van der Waals surface area contributed by atoms with Gasteiger partial charge in [0.05, 0.1) is 29.3 Å². The normalized spacial score (nSPS) is 11.0. The van der Waals surface area contributed by atoms with Crippen LogP contribution in [-0.4, -0.2) is 31.9 Å². The fraction of sp³-hybridized carbons (Fsp3) is 0.150. The molecule has 0 aliphatic heterocycles. The second-order valence-corrected chi connectivity index (χ2v) is 8.73. The number of aromatic nitrogens is 1. The van der Waals surface area contributed by atoms with Crippen LogP contribution >= 0.6 is 11.3 Å². The topological polar surface area (TPSA) is 114 Å². The summed E-state index contributed by atoms with van der Waals surface area (Å²) in [5, 5.41) is 4.43. The number of nitrogens with one attached hydrogen (secondary N) is 2. The Hall–Kier alpha value is -3.31. The van der Waals surface area contributed by atoms with Crippen molar-refractivity contribution in [3.8, 4) is 0 Å². The second kappa shape index (κ2) is 9.67. The largest absolute Gasteiger partial charge is 0.466 e. The molecule has 0 bridgehead atoms. The number of amides is 1. The molecule has 0 atom stereocenters. The van der Waals surface area contributed by atoms with Crippen LogP contribution in [0.3, 0.4) is 0 Å². The van der Waals surface area contributed by atoms with Crippen LogP contribution < -0.4 is 10.0 Å². The Labute approximate surface area is 182 Å². The van der Waals surface area contributed by atoms with Crippen molar-refractivity contribution < 1.29 is 27.1 Å². The van der Waals surface area contributed by atoms with Crippen molar-refractivity contribution in [1.29, 1.82) is 0 Å². The van der Waals surface area contributed by atoms with E-state index in [4.69, 9.17) is 4.74 Å². The highest BCUT2D eigenvalue weighted by Crippen LogP contribution is 2.21. The molecule has 8 nitrogen and oxygen atoms in total. The molecule has 1 aromatic heterocycles. The number of thiazole rings is 1. The van der Waals surface area contributed by atoms with E-state index >= 15 is 0 Å². The van der Waals surface area contributed by atoms with Gasteiger partial charge in [0.2, 0.25) is 0 Å². The van der Waals surface area contributed by atoms with E-state index in [1.54, 1.807) is 12.3 Å². The van der Waals surface area contributed by atoms with Crippen LogP contribution in [0.25, 0.3) is 0 Å². The van der Waals surface area contributed by atoms with E-state index in [1.165, 1.54) is 42.5 Å². The van der Waals surface area contributed by atoms with Gasteiger partial charge in [-0.15, -0.1) is 11.3 Å². The summed E-state index contributed by atoms with van der Waals surface area (Å²) in [6.45, 7) is 1.96. The Bertz CT molecular complexity index is 1210. The zero-order valence-electron chi connectivity index (χ0n) is 16.3. The van der Waals surface area contributed by atoms with E-state index < -0.39 is 27.7 Å². The van der Waals surface area contributed by atoms with Crippen molar-refractivity contribution in [2.75, 3.05) is 16.6 Å². The van der Waals surface area contributed by atoms with E-state index in [-0.39, 0.29) is 34.3 Å². The number of hydrogen-bond donors (Lipinski definition) is 2. The predicted molar refractivity (Wildman–Crippen MR) is 114 cm³/mol. The summed E-state index contributed by atoms with van der Waals surface area (Å²) >= 11 is 1.12. The molecule has 11 heteroatoms. The fourth-order valence-electron chi connectivity index (χ4n) is 2.53. The van der Waals surface area contributed by atoms with Gasteiger partial charge in [-0.2, -0.15) is 0 Å². The third kappa shape index (κ3) is 5.86. The number of carbonyl (C=O) groups is 2. The lowest BCUT2D eigenvalue weighted by Crippen LogP contribution is -2.16. The number of nitrogens with zero attached hydrogens (tertiary/aromatic N) is 1. The minimum atomic E-state index is -4.11. The quantitative estimate of drug-likeness (QED) is 0.495. The number of hydrogen-bond acceptors (Lipinski definition) is 7. The summed E-state index contributed by atoms with van der Waals surface area (Å²) in [6, 6.07) is 10.7. The number of para-hydroxylation sites is 1. The molecule has 31 heavy (non-hydrogen) atoms. The zero-order valence-corrected chi connectivity index (χ0v) is 17.9. The first-order chi connectivity index (χ1) is 14.8. The SMILES string of the molecule is CCOC(=O)Cc1csc(NC(=O)c2cccc(S(=O)(=O)Nc3ccccc3F)c2)n1. The number of rotatable bonds is 8. The Morgan fingerprint density at radius 3 is 2.68 bits per heavy atom. The van der Waals surface area contributed by atoms with E-state index in [9.17, 15) is 22.4 Å². The Morgan fingerprint density at radius 2 is 1.94 bits per heavy atom. The van der Waals surface area contributed by atoms with Gasteiger partial charge in [-0.3, -0.25) is 19.6 Å². The maximum atomic E-state index is 13.8. The highest BCUT2D eigenvalue weighted by atomic mass is 32.2. The number of halogens is 1. The maximum Gasteiger partial charge on any atom is 0.311 e. The average Bonchev–Trinajstić information content (AvgIpc) is 3.16. The van der Waals surface area contributed by atoms with Gasteiger partial charge in [-0.25, -0.2) is 17.8 Å². The smallest absolute Gasteiger partial charge is 0.311 e. The van der Waals surface area contributed by atoms with Crippen molar-refractivity contribution in [2.45, 2.75) is 18.2 Å². The van der Waals surface area contributed by atoms with Crippen molar-refractivity contribution >= 4 is 44.1 Å². The third-order valence-corrected chi connectivity index (χ3v) is 6.10. The number of ether oxygens (including phenoxy) is 1. The molecule has 0 aliphatic rings. The lowest BCUT2D eigenvalue weighted by Gasteiger charge is -2.10. The number of anilines is 2. The second-order valence-electron chi connectivity index (χ2n) is 6.19. The Kier molecular flexibility index (Phi) is 6.98. The van der Waals surface area contributed by atoms with Gasteiger partial charge in [0.1, 0.15) is 5.82 Å². The maximum absolute atomic E-state index is 13.8. The van der Waals surface area contributed by atoms with Gasteiger partial charge >= 0.3 is 5.97 Å². The summed E-state index contributed by atoms with van der Waals surface area (Å²) < 4.78 is 46.0. The first kappa shape index (κ1) is 22.4. The highest BCUT2D eigenvalue weighted by Gasteiger charge is 2.19. The van der Waals surface area contributed by atoms with E-state index in [0.717, 1.165) is 17.4 Å². The summed E-state index contributed by atoms with van der Waals surface area (Å²) in [6.07, 6.45) is -0.0182. The van der Waals surface area contributed by atoms with Crippen LogP contribution in [0.2, 0.25) is 0 Å². The third-order valence-electron chi connectivity index (χ3n) is 3.93. The van der Waals surface area contributed by atoms with Gasteiger partial charge in [-0.05, 0) is 37.3 Å². The van der Waals surface area contributed by atoms with E-state index in [1.807, 2.05) is 0 Å². The van der Waals surface area contributed by atoms with Crippen molar-refractivity contribution in [3.05, 3.63) is 71.0 Å². The number of esters is 1. The summed E-state index contributed by atoms with van der Waals surface area (Å²) in [4.78, 5) is 28.0. The molecule has 2 aromatic carbocycles. The summed E-state index contributed by atoms with van der Waals surface area (Å²) in [5.41, 5.74) is 0.317. The van der Waals surface area contributed by atoms with Crippen molar-refractivity contribution in [3.63, 3.8) is 0 Å². The molecule has 2 N–H and O–H groups in total. The zero-order chi connectivity index (χ0) is 22.4. The molecular formula is C20H18FN3O5S2. The molecule has 0 radical (unpaired) electrons. The van der Waals surface area contributed by atoms with Crippen LogP contribution in [0.15, 0.2) is 58.8 Å². The van der Waals surface area contributed by atoms with Crippen LogP contribution in [-0.2, 0) is 26.0 Å². The predicted octanol–water partition coefficient (Wildman–Crippen LogP) is 3.44.